The highest BCUT2D eigenvalue weighted by Crippen LogP contribution is 2.22. The molecule has 20 heavy (non-hydrogen) atoms. The summed E-state index contributed by atoms with van der Waals surface area (Å²) in [4.78, 5) is 4.14. The second kappa shape index (κ2) is 5.10. The lowest BCUT2D eigenvalue weighted by molar-refractivity contribution is 0.735. The van der Waals surface area contributed by atoms with Crippen LogP contribution < -0.4 is 5.49 Å². The largest absolute Gasteiger partial charge is 0.326 e. The van der Waals surface area contributed by atoms with Crippen molar-refractivity contribution in [3.05, 3.63) is 59.3 Å². The van der Waals surface area contributed by atoms with Crippen LogP contribution in [0.25, 0.3) is 22.0 Å². The van der Waals surface area contributed by atoms with Crippen LogP contribution in [-0.2, 0) is 6.54 Å². The molecule has 0 aliphatic carbocycles. The Balaban J connectivity index is 2.38. The van der Waals surface area contributed by atoms with Gasteiger partial charge in [0.15, 0.2) is 0 Å². The number of aromatic nitrogens is 2. The number of nitrogens with one attached hydrogen (secondary N) is 1. The Morgan fingerprint density at radius 1 is 1.20 bits per heavy atom. The van der Waals surface area contributed by atoms with Crippen LogP contribution in [0.15, 0.2) is 48.7 Å². The second-order valence-corrected chi connectivity index (χ2v) is 4.97. The molecule has 0 atom stereocenters. The molecule has 2 heterocycles. The number of fused-ring (bicyclic) bond motifs is 1. The first-order chi connectivity index (χ1) is 9.70. The van der Waals surface area contributed by atoms with Gasteiger partial charge in [-0.1, -0.05) is 41.9 Å². The van der Waals surface area contributed by atoms with Crippen molar-refractivity contribution in [3.8, 4) is 11.1 Å². The number of pyridine rings is 2. The second-order valence-electron chi connectivity index (χ2n) is 4.58. The van der Waals surface area contributed by atoms with E-state index in [0.29, 0.717) is 10.6 Å². The molecule has 100 valence electrons. The van der Waals surface area contributed by atoms with Crippen molar-refractivity contribution in [2.45, 2.75) is 13.5 Å². The molecule has 3 nitrogen and oxygen atoms in total. The van der Waals surface area contributed by atoms with Crippen molar-refractivity contribution in [2.75, 3.05) is 0 Å². The Morgan fingerprint density at radius 2 is 1.95 bits per heavy atom. The Hall–Kier alpha value is -2.13. The van der Waals surface area contributed by atoms with Gasteiger partial charge in [-0.3, -0.25) is 5.41 Å². The molecule has 3 aromatic rings. The molecule has 2 aromatic heterocycles. The van der Waals surface area contributed by atoms with Gasteiger partial charge in [-0.05, 0) is 24.6 Å². The predicted octanol–water partition coefficient (Wildman–Crippen LogP) is 3.86. The molecule has 0 fully saturated rings. The molecule has 0 amide bonds. The van der Waals surface area contributed by atoms with E-state index in [0.717, 1.165) is 28.6 Å². The van der Waals surface area contributed by atoms with E-state index in [1.807, 2.05) is 54.0 Å². The number of aryl methyl sites for hydroxylation is 1. The highest BCUT2D eigenvalue weighted by molar-refractivity contribution is 6.30. The highest BCUT2D eigenvalue weighted by Gasteiger charge is 2.08. The van der Waals surface area contributed by atoms with Gasteiger partial charge in [0, 0.05) is 23.7 Å². The zero-order chi connectivity index (χ0) is 14.1. The molecule has 4 heteroatoms. The summed E-state index contributed by atoms with van der Waals surface area (Å²) < 4.78 is 1.95. The van der Waals surface area contributed by atoms with Crippen molar-refractivity contribution in [1.29, 1.82) is 5.41 Å². The van der Waals surface area contributed by atoms with Gasteiger partial charge < -0.3 is 4.57 Å². The van der Waals surface area contributed by atoms with Crippen molar-refractivity contribution in [3.63, 3.8) is 0 Å². The smallest absolute Gasteiger partial charge is 0.133 e. The van der Waals surface area contributed by atoms with Gasteiger partial charge in [-0.2, -0.15) is 0 Å². The lowest BCUT2D eigenvalue weighted by Crippen LogP contribution is -2.21. The van der Waals surface area contributed by atoms with E-state index >= 15 is 0 Å². The molecule has 0 bridgehead atoms. The first-order valence-electron chi connectivity index (χ1n) is 6.50. The molecule has 0 radical (unpaired) electrons. The van der Waals surface area contributed by atoms with Gasteiger partial charge in [-0.25, -0.2) is 4.98 Å². The summed E-state index contributed by atoms with van der Waals surface area (Å²) >= 11 is 5.97. The maximum atomic E-state index is 8.44. The van der Waals surface area contributed by atoms with E-state index in [9.17, 15) is 0 Å². The molecule has 0 aliphatic heterocycles. The minimum absolute atomic E-state index is 0.451. The van der Waals surface area contributed by atoms with Crippen LogP contribution >= 0.6 is 11.6 Å². The molecular formula is C16H14ClN3. The summed E-state index contributed by atoms with van der Waals surface area (Å²) in [5, 5.41) is 9.88. The molecule has 0 spiro atoms. The maximum absolute atomic E-state index is 8.44. The number of halogens is 1. The zero-order valence-electron chi connectivity index (χ0n) is 11.1. The molecule has 0 aliphatic rings. The van der Waals surface area contributed by atoms with Crippen LogP contribution in [0.3, 0.4) is 0 Å². The fourth-order valence-corrected chi connectivity index (χ4v) is 2.58. The van der Waals surface area contributed by atoms with Gasteiger partial charge in [0.25, 0.3) is 0 Å². The Labute approximate surface area is 122 Å². The third-order valence-corrected chi connectivity index (χ3v) is 3.60. The third-order valence-electron chi connectivity index (χ3n) is 3.40. The fraction of sp³-hybridized carbons (Fsp3) is 0.125. The average molecular weight is 284 g/mol. The Morgan fingerprint density at radius 3 is 2.65 bits per heavy atom. The first-order valence-corrected chi connectivity index (χ1v) is 6.87. The van der Waals surface area contributed by atoms with E-state index in [4.69, 9.17) is 17.0 Å². The van der Waals surface area contributed by atoms with Crippen LogP contribution in [0.4, 0.5) is 0 Å². The van der Waals surface area contributed by atoms with Gasteiger partial charge >= 0.3 is 0 Å². The topological polar surface area (TPSA) is 41.7 Å². The van der Waals surface area contributed by atoms with Gasteiger partial charge in [0.2, 0.25) is 0 Å². The lowest BCUT2D eigenvalue weighted by Gasteiger charge is -2.13. The summed E-state index contributed by atoms with van der Waals surface area (Å²) in [6.07, 6.45) is 1.76. The summed E-state index contributed by atoms with van der Waals surface area (Å²) in [5.41, 5.74) is 3.38. The van der Waals surface area contributed by atoms with Crippen LogP contribution in [0, 0.1) is 5.41 Å². The van der Waals surface area contributed by atoms with Gasteiger partial charge in [-0.15, -0.1) is 0 Å². The average Bonchev–Trinajstić information content (AvgIpc) is 2.48. The minimum atomic E-state index is 0.451. The van der Waals surface area contributed by atoms with E-state index in [-0.39, 0.29) is 0 Å². The molecule has 3 rings (SSSR count). The normalized spacial score (nSPS) is 10.9. The summed E-state index contributed by atoms with van der Waals surface area (Å²) in [7, 11) is 0. The lowest BCUT2D eigenvalue weighted by atomic mass is 10.1. The summed E-state index contributed by atoms with van der Waals surface area (Å²) in [6, 6.07) is 13.8. The SMILES string of the molecule is CCn1c(=N)c(-c2ccccc2)cc2cnc(Cl)cc21. The molecule has 0 unspecified atom stereocenters. The number of hydrogen-bond donors (Lipinski definition) is 1. The third kappa shape index (κ3) is 2.10. The van der Waals surface area contributed by atoms with E-state index in [1.54, 1.807) is 6.20 Å². The van der Waals surface area contributed by atoms with E-state index in [1.165, 1.54) is 0 Å². The first kappa shape index (κ1) is 12.9. The molecule has 0 saturated carbocycles. The summed E-state index contributed by atoms with van der Waals surface area (Å²) in [6.45, 7) is 2.75. The minimum Gasteiger partial charge on any atom is -0.326 e. The number of hydrogen-bond acceptors (Lipinski definition) is 2. The van der Waals surface area contributed by atoms with Crippen molar-refractivity contribution < 1.29 is 0 Å². The molecule has 0 saturated heterocycles. The predicted molar refractivity (Wildman–Crippen MR) is 81.7 cm³/mol. The Kier molecular flexibility index (Phi) is 3.28. The zero-order valence-corrected chi connectivity index (χ0v) is 11.9. The molecule has 1 aromatic carbocycles. The summed E-state index contributed by atoms with van der Waals surface area (Å²) in [5.74, 6) is 0. The van der Waals surface area contributed by atoms with Crippen molar-refractivity contribution in [2.24, 2.45) is 0 Å². The van der Waals surface area contributed by atoms with E-state index < -0.39 is 0 Å². The Bertz CT molecular complexity index is 822. The number of rotatable bonds is 2. The highest BCUT2D eigenvalue weighted by atomic mass is 35.5. The van der Waals surface area contributed by atoms with Gasteiger partial charge in [0.05, 0.1) is 5.52 Å². The van der Waals surface area contributed by atoms with Crippen LogP contribution in [0.2, 0.25) is 5.15 Å². The van der Waals surface area contributed by atoms with Gasteiger partial charge in [0.1, 0.15) is 10.6 Å². The monoisotopic (exact) mass is 283 g/mol. The van der Waals surface area contributed by atoms with Crippen LogP contribution in [-0.4, -0.2) is 9.55 Å². The standard InChI is InChI=1S/C16H14ClN3/c1-2-20-14-9-15(17)19-10-12(14)8-13(16(20)18)11-6-4-3-5-7-11/h3-10,18H,2H2,1H3. The fourth-order valence-electron chi connectivity index (χ4n) is 2.43. The van der Waals surface area contributed by atoms with Crippen LogP contribution in [0.5, 0.6) is 0 Å². The number of benzene rings is 1. The number of nitrogens with zero attached hydrogens (tertiary/aromatic N) is 2. The van der Waals surface area contributed by atoms with E-state index in [2.05, 4.69) is 4.98 Å². The maximum Gasteiger partial charge on any atom is 0.133 e. The molecule has 1 N–H and O–H groups in total. The van der Waals surface area contributed by atoms with Crippen molar-refractivity contribution in [1.82, 2.24) is 9.55 Å². The quantitative estimate of drug-likeness (QED) is 0.713. The van der Waals surface area contributed by atoms with Crippen molar-refractivity contribution >= 4 is 22.5 Å². The van der Waals surface area contributed by atoms with Crippen LogP contribution in [0.1, 0.15) is 6.92 Å². The molecular weight excluding hydrogens is 270 g/mol.